The van der Waals surface area contributed by atoms with Crippen molar-refractivity contribution in [3.63, 3.8) is 0 Å². The third kappa shape index (κ3) is 5.16. The summed E-state index contributed by atoms with van der Waals surface area (Å²) in [4.78, 5) is 57.4. The van der Waals surface area contributed by atoms with Crippen molar-refractivity contribution in [2.45, 2.75) is 28.8 Å². The number of thiazole rings is 1. The van der Waals surface area contributed by atoms with Gasteiger partial charge in [0.15, 0.2) is 18.1 Å². The van der Waals surface area contributed by atoms with E-state index in [9.17, 15) is 37.5 Å². The number of carbonyl (C=O) groups is 3. The van der Waals surface area contributed by atoms with Crippen LogP contribution in [0.25, 0.3) is 0 Å². The van der Waals surface area contributed by atoms with Gasteiger partial charge in [-0.05, 0) is 78.3 Å². The molecule has 0 spiro atoms. The molecule has 2 aliphatic carbocycles. The van der Waals surface area contributed by atoms with Crippen LogP contribution in [0.15, 0.2) is 76.6 Å². The number of aromatic hydroxyl groups is 1. The number of halogens is 3. The van der Waals surface area contributed by atoms with Crippen LogP contribution in [0.5, 0.6) is 17.2 Å². The lowest BCUT2D eigenvalue weighted by atomic mass is 9.68. The van der Waals surface area contributed by atoms with Gasteiger partial charge in [-0.2, -0.15) is 13.2 Å². The number of aromatic nitrogens is 1. The second-order valence-electron chi connectivity index (χ2n) is 12.8. The summed E-state index contributed by atoms with van der Waals surface area (Å²) in [6, 6.07) is 15.9. The summed E-state index contributed by atoms with van der Waals surface area (Å²) < 4.78 is 53.4. The van der Waals surface area contributed by atoms with Gasteiger partial charge >= 0.3 is 11.0 Å². The fraction of sp³-hybridized carbons (Fsp3) is 0.314. The molecule has 4 aromatic rings. The number of H-pyrrole nitrogens is 1. The molecule has 3 amide bonds. The molecule has 0 radical (unpaired) electrons. The second-order valence-corrected chi connectivity index (χ2v) is 15.0. The Bertz CT molecular complexity index is 2100. The zero-order chi connectivity index (χ0) is 35.1. The zero-order valence-electron chi connectivity index (χ0n) is 26.1. The number of thioether (sulfide) groups is 1. The summed E-state index contributed by atoms with van der Waals surface area (Å²) in [6.45, 7) is -0.331. The number of benzene rings is 3. The van der Waals surface area contributed by atoms with E-state index in [1.807, 2.05) is 6.07 Å². The lowest BCUT2D eigenvalue weighted by Gasteiger charge is -2.43. The maximum atomic E-state index is 14.0. The smallest absolute Gasteiger partial charge is 0.418 e. The number of ether oxygens (including phenoxy) is 2. The molecular weight excluding hydrogens is 696 g/mol. The largest absolute Gasteiger partial charge is 0.508 e. The molecule has 4 aliphatic rings. The average molecular weight is 724 g/mol. The molecule has 1 saturated heterocycles. The van der Waals surface area contributed by atoms with E-state index in [1.165, 1.54) is 49.2 Å². The van der Waals surface area contributed by atoms with Crippen molar-refractivity contribution in [2.24, 2.45) is 29.6 Å². The van der Waals surface area contributed by atoms with Crippen LogP contribution in [0.2, 0.25) is 0 Å². The summed E-state index contributed by atoms with van der Waals surface area (Å²) in [5.74, 6) is -3.69. The first kappa shape index (κ1) is 32.4. The van der Waals surface area contributed by atoms with Crippen LogP contribution in [0.3, 0.4) is 0 Å². The normalized spacial score (nSPS) is 26.4. The molecule has 3 fully saturated rings. The maximum Gasteiger partial charge on any atom is 0.418 e. The van der Waals surface area contributed by atoms with Crippen molar-refractivity contribution >= 4 is 52.2 Å². The van der Waals surface area contributed by atoms with Crippen molar-refractivity contribution in [3.8, 4) is 17.2 Å². The van der Waals surface area contributed by atoms with Crippen molar-refractivity contribution in [1.29, 1.82) is 0 Å². The van der Waals surface area contributed by atoms with Crippen LogP contribution < -0.4 is 24.6 Å². The molecule has 7 atom stereocenters. The lowest BCUT2D eigenvalue weighted by Crippen LogP contribution is -2.42. The second kappa shape index (κ2) is 11.9. The molecule has 1 aromatic heterocycles. The van der Waals surface area contributed by atoms with Crippen LogP contribution in [-0.2, 0) is 20.6 Å². The van der Waals surface area contributed by atoms with E-state index in [-0.39, 0.29) is 46.2 Å². The van der Waals surface area contributed by atoms with Gasteiger partial charge in [-0.3, -0.25) is 19.2 Å². The number of aromatic amines is 1. The van der Waals surface area contributed by atoms with Gasteiger partial charge < -0.3 is 24.9 Å². The fourth-order valence-electron chi connectivity index (χ4n) is 8.42. The molecule has 6 unspecified atom stereocenters. The molecule has 8 rings (SSSR count). The molecular formula is C35H28F3N3O7S2. The number of hydrogen-bond acceptors (Lipinski definition) is 9. The highest BCUT2D eigenvalue weighted by Crippen LogP contribution is 2.69. The highest BCUT2D eigenvalue weighted by Gasteiger charge is 2.70. The van der Waals surface area contributed by atoms with Crippen molar-refractivity contribution < 1.29 is 42.1 Å². The van der Waals surface area contributed by atoms with Gasteiger partial charge in [0.1, 0.15) is 5.75 Å². The van der Waals surface area contributed by atoms with E-state index in [4.69, 9.17) is 9.47 Å². The molecule has 3 N–H and O–H groups in total. The van der Waals surface area contributed by atoms with Crippen molar-refractivity contribution in [3.05, 3.63) is 92.4 Å². The molecule has 2 saturated carbocycles. The maximum absolute atomic E-state index is 14.0. The first-order valence-corrected chi connectivity index (χ1v) is 17.5. The Labute approximate surface area is 290 Å². The summed E-state index contributed by atoms with van der Waals surface area (Å²) in [7, 11) is 1.46. The predicted octanol–water partition coefficient (Wildman–Crippen LogP) is 5.86. The number of para-hydroxylation sites is 1. The number of rotatable bonds is 7. The topological polar surface area (TPSA) is 138 Å². The van der Waals surface area contributed by atoms with E-state index in [0.29, 0.717) is 28.6 Å². The SMILES string of the molecule is COc1cc([C@H]2c3sc(=O)[nH]c3SC3C4CC(C5C(=O)N(c6ccccc6C(F)(F)F)C(=O)C45)C32)ccc1OCC(=O)Nc1ccc(O)cc1. The molecule has 50 heavy (non-hydrogen) atoms. The Kier molecular flexibility index (Phi) is 7.75. The first-order valence-electron chi connectivity index (χ1n) is 15.8. The minimum Gasteiger partial charge on any atom is -0.508 e. The molecule has 2 bridgehead atoms. The number of methoxy groups -OCH3 is 1. The standard InChI is InChI=1S/C35H28F3N3O7S2/c1-47-23-12-15(6-11-22(23)48-14-24(43)39-16-7-9-17(42)10-8-16)25-26-18-13-19(29(26)49-31-30(25)50-34(46)40-31)28-27(18)32(44)41(33(28)45)21-5-3-2-4-20(21)35(36,37)38/h2-12,18-19,25-29,42H,13-14H2,1H3,(H,39,43)(H,40,46)/t18?,19?,25-,26?,27?,28?,29?/m1/s1. The molecule has 15 heteroatoms. The van der Waals surface area contributed by atoms with Gasteiger partial charge in [0.25, 0.3) is 5.91 Å². The van der Waals surface area contributed by atoms with E-state index in [0.717, 1.165) is 32.7 Å². The molecule has 10 nitrogen and oxygen atoms in total. The van der Waals surface area contributed by atoms with Gasteiger partial charge in [-0.15, -0.1) is 11.8 Å². The highest BCUT2D eigenvalue weighted by atomic mass is 32.2. The third-order valence-corrected chi connectivity index (χ3v) is 12.8. The van der Waals surface area contributed by atoms with Gasteiger partial charge in [0.2, 0.25) is 11.8 Å². The number of nitrogens with one attached hydrogen (secondary N) is 2. The number of amides is 3. The average Bonchev–Trinajstić information content (AvgIpc) is 3.83. The summed E-state index contributed by atoms with van der Waals surface area (Å²) in [6.07, 6.45) is -4.19. The van der Waals surface area contributed by atoms with E-state index >= 15 is 0 Å². The van der Waals surface area contributed by atoms with E-state index in [1.54, 1.807) is 24.3 Å². The number of carbonyl (C=O) groups excluding carboxylic acids is 3. The summed E-state index contributed by atoms with van der Waals surface area (Å²) >= 11 is 2.54. The zero-order valence-corrected chi connectivity index (χ0v) is 27.7. The Hall–Kier alpha value is -4.76. The summed E-state index contributed by atoms with van der Waals surface area (Å²) in [5, 5.41) is 12.7. The first-order chi connectivity index (χ1) is 23.9. The number of nitrogens with zero attached hydrogens (tertiary/aromatic N) is 1. The van der Waals surface area contributed by atoms with E-state index in [2.05, 4.69) is 10.3 Å². The Morgan fingerprint density at radius 2 is 1.72 bits per heavy atom. The monoisotopic (exact) mass is 723 g/mol. The predicted molar refractivity (Wildman–Crippen MR) is 178 cm³/mol. The van der Waals surface area contributed by atoms with E-state index < -0.39 is 47.0 Å². The third-order valence-electron chi connectivity index (χ3n) is 10.2. The van der Waals surface area contributed by atoms with Gasteiger partial charge in [-0.25, -0.2) is 4.90 Å². The van der Waals surface area contributed by atoms with Crippen molar-refractivity contribution in [1.82, 2.24) is 4.98 Å². The van der Waals surface area contributed by atoms with Crippen molar-refractivity contribution in [2.75, 3.05) is 23.9 Å². The van der Waals surface area contributed by atoms with Gasteiger partial charge in [0.05, 0.1) is 35.2 Å². The van der Waals surface area contributed by atoms with Crippen LogP contribution in [0, 0.1) is 29.6 Å². The number of hydrogen-bond donors (Lipinski definition) is 3. The molecule has 258 valence electrons. The Morgan fingerprint density at radius 3 is 2.44 bits per heavy atom. The number of anilines is 2. The van der Waals surface area contributed by atoms with Gasteiger partial charge in [-0.1, -0.05) is 29.5 Å². The number of alkyl halides is 3. The molecule has 3 heterocycles. The molecule has 3 aromatic carbocycles. The molecule has 2 aliphatic heterocycles. The Balaban J connectivity index is 1.10. The minimum absolute atomic E-state index is 0.0632. The Morgan fingerprint density at radius 1 is 1.00 bits per heavy atom. The lowest BCUT2D eigenvalue weighted by molar-refractivity contribution is -0.137. The highest BCUT2D eigenvalue weighted by molar-refractivity contribution is 8.00. The number of fused-ring (bicyclic) bond motifs is 9. The van der Waals surface area contributed by atoms with Crippen LogP contribution in [-0.4, -0.2) is 46.8 Å². The number of phenols is 1. The van der Waals surface area contributed by atoms with Crippen LogP contribution in [0.4, 0.5) is 24.5 Å². The fourth-order valence-corrected chi connectivity index (χ4v) is 11.3. The van der Waals surface area contributed by atoms with Crippen LogP contribution >= 0.6 is 23.1 Å². The quantitative estimate of drug-likeness (QED) is 0.159. The summed E-state index contributed by atoms with van der Waals surface area (Å²) in [5.41, 5.74) is -0.232. The van der Waals surface area contributed by atoms with Gasteiger partial charge in [0, 0.05) is 21.7 Å². The minimum atomic E-state index is -4.76. The number of imide groups is 1. The van der Waals surface area contributed by atoms with Crippen LogP contribution in [0.1, 0.15) is 28.3 Å². The number of phenolic OH excluding ortho intramolecular Hbond substituents is 1.